The molecule has 0 aliphatic carbocycles. The highest BCUT2D eigenvalue weighted by atomic mass is 79.9. The van der Waals surface area contributed by atoms with Crippen LogP contribution in [0.25, 0.3) is 11.0 Å². The average molecular weight is 327 g/mol. The Kier molecular flexibility index (Phi) is 3.08. The fraction of sp³-hybridized carbons (Fsp3) is 0.462. The second-order valence-corrected chi connectivity index (χ2v) is 6.38. The van der Waals surface area contributed by atoms with Crippen molar-refractivity contribution in [2.45, 2.75) is 25.3 Å². The van der Waals surface area contributed by atoms with Crippen LogP contribution in [0.15, 0.2) is 22.7 Å². The van der Waals surface area contributed by atoms with Gasteiger partial charge in [-0.25, -0.2) is 0 Å². The molecule has 0 bridgehead atoms. The van der Waals surface area contributed by atoms with Crippen LogP contribution in [-0.2, 0) is 10.3 Å². The van der Waals surface area contributed by atoms with E-state index >= 15 is 0 Å². The predicted octanol–water partition coefficient (Wildman–Crippen LogP) is 3.99. The Labute approximate surface area is 119 Å². The topological polar surface area (TPSA) is 29.9 Å². The van der Waals surface area contributed by atoms with Crippen molar-refractivity contribution in [3.05, 3.63) is 27.4 Å². The summed E-state index contributed by atoms with van der Waals surface area (Å²) in [6.45, 7) is 3.80. The molecule has 1 aliphatic heterocycles. The molecule has 0 radical (unpaired) electrons. The van der Waals surface area contributed by atoms with Crippen LogP contribution < -0.4 is 0 Å². The summed E-state index contributed by atoms with van der Waals surface area (Å²) in [6.07, 6.45) is 2.19. The van der Waals surface area contributed by atoms with Gasteiger partial charge in [0.05, 0.1) is 23.2 Å². The van der Waals surface area contributed by atoms with Gasteiger partial charge in [0.15, 0.2) is 4.77 Å². The Morgan fingerprint density at radius 3 is 3.06 bits per heavy atom. The summed E-state index contributed by atoms with van der Waals surface area (Å²) >= 11 is 8.97. The Hall–Kier alpha value is -0.650. The van der Waals surface area contributed by atoms with Gasteiger partial charge in [0.1, 0.15) is 0 Å². The molecular formula is C13H15BrN2OS. The molecule has 1 fully saturated rings. The van der Waals surface area contributed by atoms with Gasteiger partial charge in [-0.05, 0) is 50.2 Å². The summed E-state index contributed by atoms with van der Waals surface area (Å²) in [7, 11) is 0. The monoisotopic (exact) mass is 326 g/mol. The van der Waals surface area contributed by atoms with E-state index in [0.717, 1.165) is 46.3 Å². The number of ether oxygens (including phenoxy) is 1. The second-order valence-electron chi connectivity index (χ2n) is 5.08. The second kappa shape index (κ2) is 4.47. The Morgan fingerprint density at radius 1 is 1.50 bits per heavy atom. The SMILES string of the molecule is CC1(n2c(=S)[nH]c3cc(Br)ccc32)CCCOC1. The highest BCUT2D eigenvalue weighted by molar-refractivity contribution is 9.10. The van der Waals surface area contributed by atoms with Crippen LogP contribution in [0.1, 0.15) is 19.8 Å². The lowest BCUT2D eigenvalue weighted by molar-refractivity contribution is 0.0108. The summed E-state index contributed by atoms with van der Waals surface area (Å²) in [5.41, 5.74) is 2.18. The van der Waals surface area contributed by atoms with E-state index in [2.05, 4.69) is 50.6 Å². The van der Waals surface area contributed by atoms with Crippen molar-refractivity contribution in [1.82, 2.24) is 9.55 Å². The quantitative estimate of drug-likeness (QED) is 0.803. The van der Waals surface area contributed by atoms with Crippen molar-refractivity contribution in [3.63, 3.8) is 0 Å². The number of nitrogens with zero attached hydrogens (tertiary/aromatic N) is 1. The molecule has 3 nitrogen and oxygen atoms in total. The number of H-pyrrole nitrogens is 1. The number of imidazole rings is 1. The van der Waals surface area contributed by atoms with Crippen molar-refractivity contribution < 1.29 is 4.74 Å². The van der Waals surface area contributed by atoms with Crippen LogP contribution in [0.4, 0.5) is 0 Å². The maximum atomic E-state index is 5.65. The third-order valence-electron chi connectivity index (χ3n) is 3.60. The number of hydrogen-bond donors (Lipinski definition) is 1. The third kappa shape index (κ3) is 1.94. The van der Waals surface area contributed by atoms with E-state index in [0.29, 0.717) is 0 Å². The highest BCUT2D eigenvalue weighted by Gasteiger charge is 2.31. The molecule has 1 aromatic carbocycles. The number of rotatable bonds is 1. The molecule has 3 rings (SSSR count). The number of halogens is 1. The summed E-state index contributed by atoms with van der Waals surface area (Å²) in [5, 5.41) is 0. The minimum absolute atomic E-state index is 0.0403. The maximum Gasteiger partial charge on any atom is 0.178 e. The van der Waals surface area contributed by atoms with Crippen molar-refractivity contribution in [3.8, 4) is 0 Å². The lowest BCUT2D eigenvalue weighted by Crippen LogP contribution is -2.39. The molecule has 0 amide bonds. The molecule has 1 saturated heterocycles. The number of aromatic amines is 1. The first-order chi connectivity index (χ1) is 8.60. The van der Waals surface area contributed by atoms with E-state index in [1.54, 1.807) is 0 Å². The Bertz CT molecular complexity index is 640. The number of nitrogens with one attached hydrogen (secondary N) is 1. The van der Waals surface area contributed by atoms with Gasteiger partial charge >= 0.3 is 0 Å². The smallest absolute Gasteiger partial charge is 0.178 e. The molecule has 1 N–H and O–H groups in total. The largest absolute Gasteiger partial charge is 0.379 e. The van der Waals surface area contributed by atoms with Gasteiger partial charge in [-0.1, -0.05) is 15.9 Å². The normalized spacial score (nSPS) is 24.6. The van der Waals surface area contributed by atoms with Crippen LogP contribution in [0.2, 0.25) is 0 Å². The molecule has 1 unspecified atom stereocenters. The van der Waals surface area contributed by atoms with Gasteiger partial charge in [-0.15, -0.1) is 0 Å². The van der Waals surface area contributed by atoms with Gasteiger partial charge in [0.2, 0.25) is 0 Å². The van der Waals surface area contributed by atoms with Crippen molar-refractivity contribution >= 4 is 39.2 Å². The molecule has 18 heavy (non-hydrogen) atoms. The molecule has 0 spiro atoms. The Balaban J connectivity index is 2.22. The van der Waals surface area contributed by atoms with E-state index in [4.69, 9.17) is 17.0 Å². The first kappa shape index (κ1) is 12.4. The van der Waals surface area contributed by atoms with E-state index in [1.807, 2.05) is 0 Å². The van der Waals surface area contributed by atoms with Gasteiger partial charge in [0, 0.05) is 11.1 Å². The summed E-state index contributed by atoms with van der Waals surface area (Å²) < 4.78 is 9.69. The molecule has 96 valence electrons. The molecular weight excluding hydrogens is 312 g/mol. The summed E-state index contributed by atoms with van der Waals surface area (Å²) in [4.78, 5) is 3.28. The highest BCUT2D eigenvalue weighted by Crippen LogP contribution is 2.31. The molecule has 1 atom stereocenters. The van der Waals surface area contributed by atoms with E-state index in [1.165, 1.54) is 0 Å². The van der Waals surface area contributed by atoms with Crippen LogP contribution in [-0.4, -0.2) is 22.8 Å². The molecule has 0 saturated carbocycles. The molecule has 2 aromatic rings. The van der Waals surface area contributed by atoms with Gasteiger partial charge in [-0.2, -0.15) is 0 Å². The minimum Gasteiger partial charge on any atom is -0.379 e. The average Bonchev–Trinajstić information content (AvgIpc) is 2.65. The van der Waals surface area contributed by atoms with E-state index < -0.39 is 0 Å². The van der Waals surface area contributed by atoms with E-state index in [-0.39, 0.29) is 5.54 Å². The molecule has 1 aromatic heterocycles. The lowest BCUT2D eigenvalue weighted by Gasteiger charge is -2.35. The number of fused-ring (bicyclic) bond motifs is 1. The van der Waals surface area contributed by atoms with Crippen LogP contribution in [0, 0.1) is 4.77 Å². The number of hydrogen-bond acceptors (Lipinski definition) is 2. The summed E-state index contributed by atoms with van der Waals surface area (Å²) in [6, 6.07) is 6.22. The van der Waals surface area contributed by atoms with Crippen molar-refractivity contribution in [1.29, 1.82) is 0 Å². The van der Waals surface area contributed by atoms with E-state index in [9.17, 15) is 0 Å². The molecule has 2 heterocycles. The zero-order chi connectivity index (χ0) is 12.8. The minimum atomic E-state index is -0.0403. The number of aromatic nitrogens is 2. The van der Waals surface area contributed by atoms with Crippen LogP contribution >= 0.6 is 28.1 Å². The first-order valence-corrected chi connectivity index (χ1v) is 7.29. The Morgan fingerprint density at radius 2 is 2.33 bits per heavy atom. The fourth-order valence-corrected chi connectivity index (χ4v) is 3.51. The van der Waals surface area contributed by atoms with Gasteiger partial charge in [-0.3, -0.25) is 0 Å². The predicted molar refractivity (Wildman–Crippen MR) is 78.5 cm³/mol. The van der Waals surface area contributed by atoms with Crippen molar-refractivity contribution in [2.75, 3.05) is 13.2 Å². The zero-order valence-corrected chi connectivity index (χ0v) is 12.6. The standard InChI is InChI=1S/C13H15BrN2OS/c1-13(5-2-6-17-8-13)16-11-4-3-9(14)7-10(11)15-12(16)18/h3-4,7H,2,5-6,8H2,1H3,(H,15,18). The molecule has 1 aliphatic rings. The fourth-order valence-electron chi connectivity index (χ4n) is 2.72. The zero-order valence-electron chi connectivity index (χ0n) is 10.2. The van der Waals surface area contributed by atoms with Gasteiger partial charge in [0.25, 0.3) is 0 Å². The molecule has 5 heteroatoms. The van der Waals surface area contributed by atoms with Crippen LogP contribution in [0.3, 0.4) is 0 Å². The maximum absolute atomic E-state index is 5.65. The summed E-state index contributed by atoms with van der Waals surface area (Å²) in [5.74, 6) is 0. The van der Waals surface area contributed by atoms with Crippen LogP contribution in [0.5, 0.6) is 0 Å². The third-order valence-corrected chi connectivity index (χ3v) is 4.38. The number of benzene rings is 1. The van der Waals surface area contributed by atoms with Crippen molar-refractivity contribution in [2.24, 2.45) is 0 Å². The lowest BCUT2D eigenvalue weighted by atomic mass is 9.94. The van der Waals surface area contributed by atoms with Gasteiger partial charge < -0.3 is 14.3 Å². The first-order valence-electron chi connectivity index (χ1n) is 6.09.